The van der Waals surface area contributed by atoms with Crippen molar-refractivity contribution in [3.63, 3.8) is 0 Å². The Morgan fingerprint density at radius 3 is 2.86 bits per heavy atom. The number of nitrogens with zero attached hydrogens (tertiary/aromatic N) is 2. The molecule has 2 aliphatic heterocycles. The fourth-order valence-corrected chi connectivity index (χ4v) is 3.92. The van der Waals surface area contributed by atoms with Gasteiger partial charge in [0.05, 0.1) is 13.7 Å². The lowest BCUT2D eigenvalue weighted by Gasteiger charge is -2.32. The highest BCUT2D eigenvalue weighted by atomic mass is 16.5. The smallest absolute Gasteiger partial charge is 0.191 e. The van der Waals surface area contributed by atoms with Gasteiger partial charge in [-0.3, -0.25) is 4.90 Å². The monoisotopic (exact) mass is 386 g/mol. The second-order valence-electron chi connectivity index (χ2n) is 7.61. The molecule has 0 aliphatic carbocycles. The summed E-state index contributed by atoms with van der Waals surface area (Å²) in [6.45, 7) is 12.6. The van der Waals surface area contributed by atoms with Gasteiger partial charge in [-0.15, -0.1) is 6.58 Å². The van der Waals surface area contributed by atoms with Crippen molar-refractivity contribution >= 4 is 5.96 Å². The van der Waals surface area contributed by atoms with Crippen LogP contribution in [0.2, 0.25) is 0 Å². The second-order valence-corrected chi connectivity index (χ2v) is 7.61. The maximum atomic E-state index is 5.91. The third-order valence-electron chi connectivity index (χ3n) is 5.37. The quantitative estimate of drug-likeness (QED) is 0.429. The molecule has 1 aromatic carbocycles. The SMILES string of the molecule is C=CCN1CCC(NC(=NCc2cc3c(cc2OC)CC(C)O3)NCC)CC1. The lowest BCUT2D eigenvalue weighted by atomic mass is 10.1. The number of benzene rings is 1. The Balaban J connectivity index is 1.65. The van der Waals surface area contributed by atoms with E-state index in [-0.39, 0.29) is 6.10 Å². The molecule has 1 saturated heterocycles. The zero-order valence-corrected chi connectivity index (χ0v) is 17.5. The standard InChI is InChI=1S/C22H34N4O2/c1-5-9-26-10-7-19(8-11-26)25-22(23-6-2)24-15-18-14-21-17(12-16(3)28-21)13-20(18)27-4/h5,13-14,16,19H,1,6-12,15H2,2-4H3,(H2,23,24,25). The van der Waals surface area contributed by atoms with E-state index in [1.165, 1.54) is 5.56 Å². The van der Waals surface area contributed by atoms with Crippen LogP contribution in [-0.4, -0.2) is 56.3 Å². The topological polar surface area (TPSA) is 58.1 Å². The van der Waals surface area contributed by atoms with Crippen LogP contribution < -0.4 is 20.1 Å². The first-order valence-corrected chi connectivity index (χ1v) is 10.4. The maximum absolute atomic E-state index is 5.91. The molecule has 3 rings (SSSR count). The van der Waals surface area contributed by atoms with E-state index in [2.05, 4.69) is 48.1 Å². The Kier molecular flexibility index (Phi) is 7.20. The largest absolute Gasteiger partial charge is 0.496 e. The Morgan fingerprint density at radius 2 is 2.18 bits per heavy atom. The molecule has 1 unspecified atom stereocenters. The Labute approximate surface area is 169 Å². The third-order valence-corrected chi connectivity index (χ3v) is 5.37. The van der Waals surface area contributed by atoms with Crippen LogP contribution in [0.4, 0.5) is 0 Å². The lowest BCUT2D eigenvalue weighted by molar-refractivity contribution is 0.225. The highest BCUT2D eigenvalue weighted by Crippen LogP contribution is 2.35. The summed E-state index contributed by atoms with van der Waals surface area (Å²) in [5.41, 5.74) is 2.27. The molecule has 0 amide bonds. The zero-order valence-electron chi connectivity index (χ0n) is 17.5. The summed E-state index contributed by atoms with van der Waals surface area (Å²) < 4.78 is 11.5. The highest BCUT2D eigenvalue weighted by molar-refractivity contribution is 5.80. The van der Waals surface area contributed by atoms with Gasteiger partial charge in [-0.1, -0.05) is 6.08 Å². The van der Waals surface area contributed by atoms with Crippen molar-refractivity contribution < 1.29 is 9.47 Å². The fourth-order valence-electron chi connectivity index (χ4n) is 3.92. The minimum Gasteiger partial charge on any atom is -0.496 e. The first-order valence-electron chi connectivity index (χ1n) is 10.4. The van der Waals surface area contributed by atoms with E-state index in [1.807, 2.05) is 6.08 Å². The van der Waals surface area contributed by atoms with Gasteiger partial charge in [0.15, 0.2) is 5.96 Å². The number of hydrogen-bond donors (Lipinski definition) is 2. The number of aliphatic imine (C=N–C) groups is 1. The molecule has 0 saturated carbocycles. The zero-order chi connectivity index (χ0) is 19.9. The lowest BCUT2D eigenvalue weighted by Crippen LogP contribution is -2.48. The summed E-state index contributed by atoms with van der Waals surface area (Å²) in [4.78, 5) is 7.25. The van der Waals surface area contributed by atoms with Gasteiger partial charge in [-0.05, 0) is 38.8 Å². The number of ether oxygens (including phenoxy) is 2. The molecular formula is C22H34N4O2. The van der Waals surface area contributed by atoms with Gasteiger partial charge in [-0.2, -0.15) is 0 Å². The molecule has 0 spiro atoms. The Bertz CT molecular complexity index is 696. The van der Waals surface area contributed by atoms with Crippen LogP contribution in [0, 0.1) is 0 Å². The summed E-state index contributed by atoms with van der Waals surface area (Å²) in [6, 6.07) is 4.63. The summed E-state index contributed by atoms with van der Waals surface area (Å²) in [6.07, 6.45) is 5.38. The van der Waals surface area contributed by atoms with Crippen LogP contribution in [0.25, 0.3) is 0 Å². The average Bonchev–Trinajstić information content (AvgIpc) is 3.06. The van der Waals surface area contributed by atoms with E-state index in [9.17, 15) is 0 Å². The van der Waals surface area contributed by atoms with E-state index in [1.54, 1.807) is 7.11 Å². The molecule has 28 heavy (non-hydrogen) atoms. The fraction of sp³-hybridized carbons (Fsp3) is 0.591. The highest BCUT2D eigenvalue weighted by Gasteiger charge is 2.22. The van der Waals surface area contributed by atoms with Crippen LogP contribution >= 0.6 is 0 Å². The van der Waals surface area contributed by atoms with Crippen molar-refractivity contribution in [2.45, 2.75) is 51.8 Å². The first kappa shape index (κ1) is 20.5. The molecule has 1 fully saturated rings. The molecule has 1 aromatic rings. The molecule has 6 nitrogen and oxygen atoms in total. The van der Waals surface area contributed by atoms with Gasteiger partial charge in [-0.25, -0.2) is 4.99 Å². The minimum absolute atomic E-state index is 0.226. The number of piperidine rings is 1. The molecule has 2 aliphatic rings. The molecule has 6 heteroatoms. The van der Waals surface area contributed by atoms with Crippen molar-refractivity contribution in [1.29, 1.82) is 0 Å². The van der Waals surface area contributed by atoms with Crippen LogP contribution in [0.15, 0.2) is 29.8 Å². The predicted octanol–water partition coefficient (Wildman–Crippen LogP) is 2.72. The van der Waals surface area contributed by atoms with Crippen molar-refractivity contribution in [2.75, 3.05) is 33.3 Å². The number of nitrogens with one attached hydrogen (secondary N) is 2. The van der Waals surface area contributed by atoms with Crippen molar-refractivity contribution in [3.05, 3.63) is 35.9 Å². The molecule has 0 radical (unpaired) electrons. The summed E-state index contributed by atoms with van der Waals surface area (Å²) in [5, 5.41) is 6.97. The number of likely N-dealkylation sites (tertiary alicyclic amines) is 1. The molecular weight excluding hydrogens is 352 g/mol. The third kappa shape index (κ3) is 5.19. The van der Waals surface area contributed by atoms with Gasteiger partial charge >= 0.3 is 0 Å². The van der Waals surface area contributed by atoms with E-state index in [0.29, 0.717) is 12.6 Å². The molecule has 2 heterocycles. The molecule has 2 N–H and O–H groups in total. The van der Waals surface area contributed by atoms with Crippen molar-refractivity contribution in [3.8, 4) is 11.5 Å². The van der Waals surface area contributed by atoms with Crippen LogP contribution in [0.5, 0.6) is 11.5 Å². The summed E-state index contributed by atoms with van der Waals surface area (Å²) in [7, 11) is 1.72. The molecule has 0 bridgehead atoms. The first-order chi connectivity index (χ1) is 13.6. The summed E-state index contributed by atoms with van der Waals surface area (Å²) in [5.74, 6) is 2.71. The van der Waals surface area contributed by atoms with Crippen LogP contribution in [0.3, 0.4) is 0 Å². The number of fused-ring (bicyclic) bond motifs is 1. The van der Waals surface area contributed by atoms with Gasteiger partial charge < -0.3 is 20.1 Å². The number of methoxy groups -OCH3 is 1. The maximum Gasteiger partial charge on any atom is 0.191 e. The van der Waals surface area contributed by atoms with Crippen molar-refractivity contribution in [1.82, 2.24) is 15.5 Å². The van der Waals surface area contributed by atoms with Crippen LogP contribution in [-0.2, 0) is 13.0 Å². The van der Waals surface area contributed by atoms with Gasteiger partial charge in [0.1, 0.15) is 17.6 Å². The Hall–Kier alpha value is -2.21. The Morgan fingerprint density at radius 1 is 1.39 bits per heavy atom. The minimum atomic E-state index is 0.226. The summed E-state index contributed by atoms with van der Waals surface area (Å²) >= 11 is 0. The van der Waals surface area contributed by atoms with E-state index < -0.39 is 0 Å². The number of hydrogen-bond acceptors (Lipinski definition) is 4. The van der Waals surface area contributed by atoms with E-state index in [4.69, 9.17) is 14.5 Å². The van der Waals surface area contributed by atoms with Gasteiger partial charge in [0, 0.05) is 49.8 Å². The predicted molar refractivity (Wildman–Crippen MR) is 114 cm³/mol. The molecule has 154 valence electrons. The van der Waals surface area contributed by atoms with Crippen molar-refractivity contribution in [2.24, 2.45) is 4.99 Å². The van der Waals surface area contributed by atoms with E-state index >= 15 is 0 Å². The van der Waals surface area contributed by atoms with Gasteiger partial charge in [0.2, 0.25) is 0 Å². The van der Waals surface area contributed by atoms with Gasteiger partial charge in [0.25, 0.3) is 0 Å². The van der Waals surface area contributed by atoms with Crippen LogP contribution in [0.1, 0.15) is 37.8 Å². The number of guanidine groups is 1. The molecule has 1 atom stereocenters. The number of rotatable bonds is 7. The normalized spacial score (nSPS) is 20.4. The average molecular weight is 387 g/mol. The second kappa shape index (κ2) is 9.82. The molecule has 0 aromatic heterocycles. The van der Waals surface area contributed by atoms with E-state index in [0.717, 1.165) is 68.5 Å².